The number of nitrogens with two attached hydrogens (primary N) is 1. The molecule has 0 spiro atoms. The molecule has 2 aliphatic heterocycles. The highest BCUT2D eigenvalue weighted by molar-refractivity contribution is 6.33. The van der Waals surface area contributed by atoms with E-state index in [0.717, 1.165) is 12.8 Å². The van der Waals surface area contributed by atoms with E-state index in [1.807, 2.05) is 6.92 Å². The van der Waals surface area contributed by atoms with Crippen molar-refractivity contribution in [3.8, 4) is 17.6 Å². The van der Waals surface area contributed by atoms with Gasteiger partial charge in [-0.05, 0) is 52.6 Å². The Morgan fingerprint density at radius 2 is 2.04 bits per heavy atom. The molecule has 1 amide bonds. The van der Waals surface area contributed by atoms with E-state index in [9.17, 15) is 4.79 Å². The number of fused-ring (bicyclic) bond motifs is 2. The number of nitrogens with zero attached hydrogens (tertiary/aromatic N) is 1. The summed E-state index contributed by atoms with van der Waals surface area (Å²) in [5, 5.41) is 3.54. The predicted molar refractivity (Wildman–Crippen MR) is 109 cm³/mol. The van der Waals surface area contributed by atoms with Crippen LogP contribution >= 0.6 is 11.6 Å². The van der Waals surface area contributed by atoms with Crippen LogP contribution in [0.2, 0.25) is 5.02 Å². The van der Waals surface area contributed by atoms with Crippen molar-refractivity contribution in [3.05, 3.63) is 22.7 Å². The Balaban J connectivity index is 1.77. The number of halogens is 1. The summed E-state index contributed by atoms with van der Waals surface area (Å²) < 4.78 is 5.84. The first-order chi connectivity index (χ1) is 12.9. The zero-order chi connectivity index (χ0) is 19.6. The second kappa shape index (κ2) is 8.41. The fourth-order valence-corrected chi connectivity index (χ4v) is 4.43. The highest BCUT2D eigenvalue weighted by atomic mass is 35.5. The van der Waals surface area contributed by atoms with Gasteiger partial charge in [-0.15, -0.1) is 5.92 Å². The zero-order valence-electron chi connectivity index (χ0n) is 16.2. The van der Waals surface area contributed by atoms with Crippen LogP contribution in [0.3, 0.4) is 0 Å². The topological polar surface area (TPSA) is 67.6 Å². The second-order valence-electron chi connectivity index (χ2n) is 7.57. The Morgan fingerprint density at radius 1 is 1.37 bits per heavy atom. The van der Waals surface area contributed by atoms with Gasteiger partial charge in [0.25, 0.3) is 5.91 Å². The van der Waals surface area contributed by atoms with Gasteiger partial charge in [0.05, 0.1) is 16.3 Å². The molecule has 3 atom stereocenters. The molecule has 5 nitrogen and oxygen atoms in total. The minimum Gasteiger partial charge on any atom is -0.477 e. The molecule has 2 aliphatic rings. The standard InChI is InChI=1S/C21H28ClN3O2/c1-4-6-13(2)27-20-12-19(23)18(22)11-17(20)21(26)24-14-9-15-7-5-8-16(10-14)25(15)3/h11-16H,5,7-10,23H2,1-3H3,(H,24,26)/t13-,14?,15?,16?/m0/s1. The largest absolute Gasteiger partial charge is 0.477 e. The van der Waals surface area contributed by atoms with E-state index < -0.39 is 0 Å². The number of benzene rings is 1. The molecular formula is C21H28ClN3O2. The highest BCUT2D eigenvalue weighted by Gasteiger charge is 2.36. The summed E-state index contributed by atoms with van der Waals surface area (Å²) in [7, 11) is 2.20. The smallest absolute Gasteiger partial charge is 0.255 e. The summed E-state index contributed by atoms with van der Waals surface area (Å²) in [6.07, 6.45) is 5.31. The molecule has 2 fully saturated rings. The monoisotopic (exact) mass is 389 g/mol. The Bertz CT molecular complexity index is 757. The Kier molecular flexibility index (Phi) is 6.18. The van der Waals surface area contributed by atoms with Crippen LogP contribution in [0, 0.1) is 11.8 Å². The number of hydrogen-bond donors (Lipinski definition) is 2. The molecule has 3 N–H and O–H groups in total. The maximum atomic E-state index is 13.0. The number of carbonyl (C=O) groups excluding carboxylic acids is 1. The van der Waals surface area contributed by atoms with E-state index in [1.54, 1.807) is 19.1 Å². The molecule has 0 radical (unpaired) electrons. The molecule has 27 heavy (non-hydrogen) atoms. The number of hydrogen-bond acceptors (Lipinski definition) is 4. The summed E-state index contributed by atoms with van der Waals surface area (Å²) in [5.74, 6) is 5.99. The van der Waals surface area contributed by atoms with Gasteiger partial charge in [-0.25, -0.2) is 0 Å². The predicted octanol–water partition coefficient (Wildman–Crippen LogP) is 3.46. The summed E-state index contributed by atoms with van der Waals surface area (Å²) in [6.45, 7) is 3.59. The molecule has 146 valence electrons. The number of anilines is 1. The maximum Gasteiger partial charge on any atom is 0.255 e. The summed E-state index contributed by atoms with van der Waals surface area (Å²) in [5.41, 5.74) is 6.70. The number of piperidine rings is 2. The van der Waals surface area contributed by atoms with Crippen LogP contribution in [-0.4, -0.2) is 42.1 Å². The second-order valence-corrected chi connectivity index (χ2v) is 7.98. The van der Waals surface area contributed by atoms with Gasteiger partial charge in [0, 0.05) is 24.2 Å². The molecule has 0 aromatic heterocycles. The lowest BCUT2D eigenvalue weighted by atomic mass is 9.82. The maximum absolute atomic E-state index is 13.0. The third-order valence-corrected chi connectivity index (χ3v) is 6.00. The van der Waals surface area contributed by atoms with Crippen molar-refractivity contribution < 1.29 is 9.53 Å². The van der Waals surface area contributed by atoms with E-state index in [1.165, 1.54) is 19.3 Å². The van der Waals surface area contributed by atoms with Crippen molar-refractivity contribution in [3.63, 3.8) is 0 Å². The first kappa shape index (κ1) is 19.9. The molecular weight excluding hydrogens is 362 g/mol. The minimum atomic E-state index is -0.343. The quantitative estimate of drug-likeness (QED) is 0.611. The van der Waals surface area contributed by atoms with Crippen molar-refractivity contribution in [2.24, 2.45) is 0 Å². The number of amides is 1. The van der Waals surface area contributed by atoms with Crippen molar-refractivity contribution in [1.29, 1.82) is 0 Å². The SMILES string of the molecule is CC#C[C@H](C)Oc1cc(N)c(Cl)cc1C(=O)NC1CC2CCCC(C1)N2C. The van der Waals surface area contributed by atoms with E-state index in [4.69, 9.17) is 22.1 Å². The molecule has 1 aromatic carbocycles. The van der Waals surface area contributed by atoms with E-state index in [0.29, 0.717) is 34.1 Å². The third kappa shape index (κ3) is 4.51. The Hall–Kier alpha value is -1.90. The van der Waals surface area contributed by atoms with Gasteiger partial charge in [-0.1, -0.05) is 23.9 Å². The summed E-state index contributed by atoms with van der Waals surface area (Å²) >= 11 is 6.17. The Labute approximate surface area is 166 Å². The Morgan fingerprint density at radius 3 is 2.67 bits per heavy atom. The fraction of sp³-hybridized carbons (Fsp3) is 0.571. The number of nitrogens with one attached hydrogen (secondary N) is 1. The van der Waals surface area contributed by atoms with Crippen LogP contribution in [0.1, 0.15) is 56.3 Å². The highest BCUT2D eigenvalue weighted by Crippen LogP contribution is 2.34. The number of carbonyl (C=O) groups is 1. The number of rotatable bonds is 4. The lowest BCUT2D eigenvalue weighted by Crippen LogP contribution is -2.55. The van der Waals surface area contributed by atoms with Gasteiger partial charge in [0.1, 0.15) is 5.75 Å². The third-order valence-electron chi connectivity index (χ3n) is 5.67. The van der Waals surface area contributed by atoms with E-state index in [-0.39, 0.29) is 18.1 Å². The van der Waals surface area contributed by atoms with Gasteiger partial charge >= 0.3 is 0 Å². The molecule has 2 heterocycles. The van der Waals surface area contributed by atoms with Crippen LogP contribution in [0.25, 0.3) is 0 Å². The van der Waals surface area contributed by atoms with E-state index in [2.05, 4.69) is 29.1 Å². The molecule has 2 bridgehead atoms. The molecule has 1 aromatic rings. The van der Waals surface area contributed by atoms with Crippen molar-refractivity contribution in [1.82, 2.24) is 10.2 Å². The number of ether oxygens (including phenoxy) is 1. The average molecular weight is 390 g/mol. The molecule has 0 saturated carbocycles. The first-order valence-corrected chi connectivity index (χ1v) is 9.97. The molecule has 0 aliphatic carbocycles. The van der Waals surface area contributed by atoms with Crippen LogP contribution in [0.5, 0.6) is 5.75 Å². The first-order valence-electron chi connectivity index (χ1n) is 9.59. The van der Waals surface area contributed by atoms with Gasteiger partial charge in [-0.2, -0.15) is 0 Å². The van der Waals surface area contributed by atoms with Crippen LogP contribution in [-0.2, 0) is 0 Å². The van der Waals surface area contributed by atoms with Gasteiger partial charge in [-0.3, -0.25) is 4.79 Å². The van der Waals surface area contributed by atoms with Crippen LogP contribution in [0.4, 0.5) is 5.69 Å². The fourth-order valence-electron chi connectivity index (χ4n) is 4.26. The normalized spacial score (nSPS) is 25.9. The lowest BCUT2D eigenvalue weighted by molar-refractivity contribution is 0.0462. The van der Waals surface area contributed by atoms with Crippen molar-refractivity contribution in [2.75, 3.05) is 12.8 Å². The van der Waals surface area contributed by atoms with Crippen molar-refractivity contribution in [2.45, 2.75) is 70.2 Å². The summed E-state index contributed by atoms with van der Waals surface area (Å²) in [4.78, 5) is 15.5. The van der Waals surface area contributed by atoms with Crippen molar-refractivity contribution >= 4 is 23.2 Å². The van der Waals surface area contributed by atoms with Gasteiger partial charge < -0.3 is 20.7 Å². The van der Waals surface area contributed by atoms with Crippen LogP contribution < -0.4 is 15.8 Å². The van der Waals surface area contributed by atoms with Gasteiger partial charge in [0.2, 0.25) is 0 Å². The summed E-state index contributed by atoms with van der Waals surface area (Å²) in [6, 6.07) is 4.46. The average Bonchev–Trinajstić information content (AvgIpc) is 2.59. The molecule has 6 heteroatoms. The molecule has 3 rings (SSSR count). The molecule has 2 saturated heterocycles. The van der Waals surface area contributed by atoms with E-state index >= 15 is 0 Å². The number of nitrogen functional groups attached to an aromatic ring is 1. The molecule has 2 unspecified atom stereocenters. The zero-order valence-corrected chi connectivity index (χ0v) is 17.0. The lowest BCUT2D eigenvalue weighted by Gasteiger charge is -2.47. The minimum absolute atomic E-state index is 0.168. The van der Waals surface area contributed by atoms with Gasteiger partial charge in [0.15, 0.2) is 6.10 Å². The van der Waals surface area contributed by atoms with Crippen LogP contribution in [0.15, 0.2) is 12.1 Å².